The van der Waals surface area contributed by atoms with Crippen LogP contribution in [0.25, 0.3) is 22.8 Å². The van der Waals surface area contributed by atoms with Gasteiger partial charge in [0, 0.05) is 17.7 Å². The zero-order chi connectivity index (χ0) is 24.0. The van der Waals surface area contributed by atoms with Gasteiger partial charge >= 0.3 is 12.1 Å². The number of carbonyl (C=O) groups is 2. The predicted octanol–water partition coefficient (Wildman–Crippen LogP) is 2.33. The lowest BCUT2D eigenvalue weighted by Gasteiger charge is -2.08. The van der Waals surface area contributed by atoms with E-state index in [1.807, 2.05) is 54.6 Å². The van der Waals surface area contributed by atoms with Crippen molar-refractivity contribution < 1.29 is 28.9 Å². The number of benzene rings is 2. The summed E-state index contributed by atoms with van der Waals surface area (Å²) in [6, 6.07) is 16.7. The van der Waals surface area contributed by atoms with E-state index in [1.165, 1.54) is 0 Å². The normalized spacial score (nSPS) is 10.6. The molecule has 0 fully saturated rings. The van der Waals surface area contributed by atoms with Crippen molar-refractivity contribution in [1.82, 2.24) is 25.7 Å². The molecule has 0 unspecified atom stereocenters. The molecule has 0 radical (unpaired) electrons. The van der Waals surface area contributed by atoms with E-state index in [9.17, 15) is 9.59 Å². The Balaban J connectivity index is 1.32. The second-order valence-electron chi connectivity index (χ2n) is 6.98. The Bertz CT molecular complexity index is 1030. The molecule has 11 nitrogen and oxygen atoms in total. The highest BCUT2D eigenvalue weighted by atomic mass is 16.5. The topological polar surface area (TPSA) is 146 Å². The van der Waals surface area contributed by atoms with E-state index in [0.717, 1.165) is 16.7 Å². The lowest BCUT2D eigenvalue weighted by atomic mass is 10.1. The van der Waals surface area contributed by atoms with E-state index in [4.69, 9.17) is 19.3 Å². The van der Waals surface area contributed by atoms with Crippen LogP contribution in [-0.4, -0.2) is 70.5 Å². The SMILES string of the molecule is O=C(O)CCOCCOCCNC(=O)OCc1ccc(-c2nnc(-c3ccccc3)nn2)cc1. The number of nitrogens with one attached hydrogen (secondary N) is 1. The number of rotatable bonds is 13. The van der Waals surface area contributed by atoms with Gasteiger partial charge in [0.1, 0.15) is 6.61 Å². The van der Waals surface area contributed by atoms with Crippen LogP contribution < -0.4 is 5.32 Å². The van der Waals surface area contributed by atoms with Crippen molar-refractivity contribution in [3.8, 4) is 22.8 Å². The highest BCUT2D eigenvalue weighted by Crippen LogP contribution is 2.17. The molecule has 3 aromatic rings. The molecule has 34 heavy (non-hydrogen) atoms. The number of nitrogens with zero attached hydrogens (tertiary/aromatic N) is 4. The third-order valence-electron chi connectivity index (χ3n) is 4.44. The van der Waals surface area contributed by atoms with Gasteiger partial charge in [0.05, 0.1) is 32.8 Å². The minimum atomic E-state index is -0.906. The highest BCUT2D eigenvalue weighted by molar-refractivity contribution is 5.67. The average molecular weight is 467 g/mol. The minimum absolute atomic E-state index is 0.0415. The summed E-state index contributed by atoms with van der Waals surface area (Å²) in [6.07, 6.45) is -0.598. The van der Waals surface area contributed by atoms with E-state index in [2.05, 4.69) is 25.7 Å². The van der Waals surface area contributed by atoms with Crippen molar-refractivity contribution in [3.05, 3.63) is 60.2 Å². The van der Waals surface area contributed by atoms with Gasteiger partial charge in [0.15, 0.2) is 0 Å². The largest absolute Gasteiger partial charge is 0.481 e. The molecule has 1 heterocycles. The van der Waals surface area contributed by atoms with Crippen molar-refractivity contribution in [1.29, 1.82) is 0 Å². The van der Waals surface area contributed by atoms with Crippen LogP contribution in [0.1, 0.15) is 12.0 Å². The Morgan fingerprint density at radius 1 is 0.765 bits per heavy atom. The van der Waals surface area contributed by atoms with Crippen molar-refractivity contribution in [2.75, 3.05) is 33.0 Å². The third kappa shape index (κ3) is 8.52. The van der Waals surface area contributed by atoms with Crippen LogP contribution in [0.4, 0.5) is 4.79 Å². The van der Waals surface area contributed by atoms with E-state index in [-0.39, 0.29) is 32.8 Å². The van der Waals surface area contributed by atoms with Crippen LogP contribution in [0.5, 0.6) is 0 Å². The first-order chi connectivity index (χ1) is 16.6. The molecule has 1 aromatic heterocycles. The Hall–Kier alpha value is -3.96. The number of alkyl carbamates (subject to hydrolysis) is 1. The smallest absolute Gasteiger partial charge is 0.407 e. The number of hydrogen-bond acceptors (Lipinski definition) is 9. The second-order valence-corrected chi connectivity index (χ2v) is 6.98. The molecule has 0 aliphatic carbocycles. The molecule has 1 amide bonds. The first-order valence-electron chi connectivity index (χ1n) is 10.6. The summed E-state index contributed by atoms with van der Waals surface area (Å²) in [7, 11) is 0. The molecule has 2 aromatic carbocycles. The predicted molar refractivity (Wildman–Crippen MR) is 121 cm³/mol. The van der Waals surface area contributed by atoms with Crippen LogP contribution in [0.15, 0.2) is 54.6 Å². The van der Waals surface area contributed by atoms with Crippen LogP contribution in [0.2, 0.25) is 0 Å². The molecule has 11 heteroatoms. The monoisotopic (exact) mass is 467 g/mol. The maximum atomic E-state index is 11.8. The van der Waals surface area contributed by atoms with E-state index in [0.29, 0.717) is 24.9 Å². The molecule has 0 aliphatic heterocycles. The Kier molecular flexibility index (Phi) is 9.84. The van der Waals surface area contributed by atoms with E-state index in [1.54, 1.807) is 0 Å². The third-order valence-corrected chi connectivity index (χ3v) is 4.44. The number of ether oxygens (including phenoxy) is 3. The fraction of sp³-hybridized carbons (Fsp3) is 0.304. The van der Waals surface area contributed by atoms with E-state index < -0.39 is 12.1 Å². The fourth-order valence-corrected chi connectivity index (χ4v) is 2.70. The number of aromatic nitrogens is 4. The van der Waals surface area contributed by atoms with Crippen molar-refractivity contribution in [2.24, 2.45) is 0 Å². The molecule has 2 N–H and O–H groups in total. The number of amides is 1. The number of carbonyl (C=O) groups excluding carboxylic acids is 1. The Morgan fingerprint density at radius 3 is 1.97 bits per heavy atom. The molecule has 0 spiro atoms. The number of carboxylic acids is 1. The fourth-order valence-electron chi connectivity index (χ4n) is 2.70. The first-order valence-corrected chi connectivity index (χ1v) is 10.6. The lowest BCUT2D eigenvalue weighted by molar-refractivity contribution is -0.138. The van der Waals surface area contributed by atoms with Crippen molar-refractivity contribution in [3.63, 3.8) is 0 Å². The molecule has 0 saturated heterocycles. The van der Waals surface area contributed by atoms with Gasteiger partial charge in [0.25, 0.3) is 0 Å². The van der Waals surface area contributed by atoms with Gasteiger partial charge in [0.2, 0.25) is 11.6 Å². The molecule has 0 saturated carbocycles. The highest BCUT2D eigenvalue weighted by Gasteiger charge is 2.07. The standard InChI is InChI=1S/C23H25N5O6/c29-20(30)10-12-32-14-15-33-13-11-24-23(31)34-16-17-6-8-19(9-7-17)22-27-25-21(26-28-22)18-4-2-1-3-5-18/h1-9H,10-16H2,(H,24,31)(H,29,30). The van der Waals surface area contributed by atoms with Gasteiger partial charge in [-0.2, -0.15) is 0 Å². The summed E-state index contributed by atoms with van der Waals surface area (Å²) in [4.78, 5) is 22.1. The lowest BCUT2D eigenvalue weighted by Crippen LogP contribution is -2.28. The summed E-state index contributed by atoms with van der Waals surface area (Å²) in [5.41, 5.74) is 2.39. The minimum Gasteiger partial charge on any atom is -0.481 e. The van der Waals surface area contributed by atoms with E-state index >= 15 is 0 Å². The average Bonchev–Trinajstić information content (AvgIpc) is 2.87. The van der Waals surface area contributed by atoms with Gasteiger partial charge in [-0.3, -0.25) is 4.79 Å². The summed E-state index contributed by atoms with van der Waals surface area (Å²) < 4.78 is 15.5. The number of carboxylic acid groups (broad SMARTS) is 1. The molecule has 0 bridgehead atoms. The van der Waals surface area contributed by atoms with Gasteiger partial charge in [-0.25, -0.2) is 4.79 Å². The summed E-state index contributed by atoms with van der Waals surface area (Å²) in [5, 5.41) is 27.6. The first kappa shape index (κ1) is 24.7. The molecular formula is C23H25N5O6. The van der Waals surface area contributed by atoms with Crippen LogP contribution >= 0.6 is 0 Å². The summed E-state index contributed by atoms with van der Waals surface area (Å²) in [6.45, 7) is 1.43. The Labute approximate surface area is 196 Å². The second kappa shape index (κ2) is 13.6. The zero-order valence-corrected chi connectivity index (χ0v) is 18.4. The quantitative estimate of drug-likeness (QED) is 0.359. The van der Waals surface area contributed by atoms with Crippen LogP contribution in [0.3, 0.4) is 0 Å². The van der Waals surface area contributed by atoms with Crippen LogP contribution in [0, 0.1) is 0 Å². The van der Waals surface area contributed by atoms with Gasteiger partial charge in [-0.1, -0.05) is 54.6 Å². The molecule has 3 rings (SSSR count). The number of hydrogen-bond donors (Lipinski definition) is 2. The van der Waals surface area contributed by atoms with Crippen molar-refractivity contribution in [2.45, 2.75) is 13.0 Å². The maximum absolute atomic E-state index is 11.8. The molecule has 0 atom stereocenters. The summed E-state index contributed by atoms with van der Waals surface area (Å²) >= 11 is 0. The van der Waals surface area contributed by atoms with Gasteiger partial charge < -0.3 is 24.6 Å². The van der Waals surface area contributed by atoms with Gasteiger partial charge in [-0.05, 0) is 5.56 Å². The molecular weight excluding hydrogens is 442 g/mol. The number of aliphatic carboxylic acids is 1. The summed E-state index contributed by atoms with van der Waals surface area (Å²) in [5.74, 6) is -0.0518. The van der Waals surface area contributed by atoms with Crippen LogP contribution in [-0.2, 0) is 25.6 Å². The molecule has 0 aliphatic rings. The Morgan fingerprint density at radius 2 is 1.35 bits per heavy atom. The zero-order valence-electron chi connectivity index (χ0n) is 18.4. The van der Waals surface area contributed by atoms with Gasteiger partial charge in [-0.15, -0.1) is 20.4 Å². The van der Waals surface area contributed by atoms with Crippen molar-refractivity contribution >= 4 is 12.1 Å². The molecule has 178 valence electrons. The maximum Gasteiger partial charge on any atom is 0.407 e.